The first kappa shape index (κ1) is 19.2. The summed E-state index contributed by atoms with van der Waals surface area (Å²) in [5.74, 6) is 1.58. The molecule has 130 valence electrons. The first-order chi connectivity index (χ1) is 11.1. The van der Waals surface area contributed by atoms with Crippen molar-refractivity contribution in [3.05, 3.63) is 30.3 Å². The van der Waals surface area contributed by atoms with Gasteiger partial charge in [-0.25, -0.2) is 13.1 Å². The number of hydrogen-bond acceptors (Lipinski definition) is 4. The van der Waals surface area contributed by atoms with Crippen LogP contribution in [0.5, 0.6) is 5.75 Å². The lowest BCUT2D eigenvalue weighted by Crippen LogP contribution is -2.42. The lowest BCUT2D eigenvalue weighted by Gasteiger charge is -2.12. The van der Waals surface area contributed by atoms with E-state index in [9.17, 15) is 8.42 Å². The number of guanidine groups is 1. The van der Waals surface area contributed by atoms with E-state index in [0.29, 0.717) is 32.2 Å². The molecule has 0 aromatic heterocycles. The minimum Gasteiger partial charge on any atom is -0.494 e. The fourth-order valence-corrected chi connectivity index (χ4v) is 2.31. The van der Waals surface area contributed by atoms with Crippen LogP contribution in [-0.4, -0.2) is 53.4 Å². The molecule has 0 atom stereocenters. The Bertz CT molecular complexity index is 561. The second-order valence-corrected chi connectivity index (χ2v) is 6.83. The van der Waals surface area contributed by atoms with E-state index >= 15 is 0 Å². The number of nitrogens with zero attached hydrogens (tertiary/aromatic N) is 1. The van der Waals surface area contributed by atoms with Gasteiger partial charge in [-0.3, -0.25) is 4.99 Å². The maximum absolute atomic E-state index is 11.3. The Morgan fingerprint density at radius 2 is 1.83 bits per heavy atom. The zero-order chi connectivity index (χ0) is 17.0. The first-order valence-corrected chi connectivity index (χ1v) is 9.32. The highest BCUT2D eigenvalue weighted by atomic mass is 32.2. The molecule has 1 rings (SSSR count). The fourth-order valence-electron chi connectivity index (χ4n) is 1.70. The van der Waals surface area contributed by atoms with Gasteiger partial charge in [-0.1, -0.05) is 18.2 Å². The monoisotopic (exact) mass is 342 g/mol. The number of nitrogens with one attached hydrogen (secondary N) is 3. The largest absolute Gasteiger partial charge is 0.494 e. The smallest absolute Gasteiger partial charge is 0.211 e. The van der Waals surface area contributed by atoms with Gasteiger partial charge < -0.3 is 15.4 Å². The molecule has 7 nitrogen and oxygen atoms in total. The highest BCUT2D eigenvalue weighted by molar-refractivity contribution is 7.89. The maximum Gasteiger partial charge on any atom is 0.211 e. The fraction of sp³-hybridized carbons (Fsp3) is 0.533. The highest BCUT2D eigenvalue weighted by Gasteiger charge is 2.04. The van der Waals surface area contributed by atoms with E-state index in [2.05, 4.69) is 20.3 Å². The molecule has 0 bridgehead atoms. The standard InChI is InChI=1S/C15H26N4O3S/c1-3-23(20,21)19-12-11-18-15(16-2)17-10-7-13-22-14-8-5-4-6-9-14/h4-6,8-9,19H,3,7,10-13H2,1-2H3,(H2,16,17,18). The van der Waals surface area contributed by atoms with Crippen LogP contribution in [0.3, 0.4) is 0 Å². The van der Waals surface area contributed by atoms with E-state index in [1.54, 1.807) is 14.0 Å². The van der Waals surface area contributed by atoms with Crippen LogP contribution in [0.2, 0.25) is 0 Å². The third kappa shape index (κ3) is 9.04. The van der Waals surface area contributed by atoms with Crippen LogP contribution >= 0.6 is 0 Å². The summed E-state index contributed by atoms with van der Waals surface area (Å²) in [7, 11) is -1.47. The molecule has 0 aliphatic heterocycles. The molecule has 8 heteroatoms. The molecule has 0 unspecified atom stereocenters. The molecule has 0 radical (unpaired) electrons. The molecule has 23 heavy (non-hydrogen) atoms. The summed E-state index contributed by atoms with van der Waals surface area (Å²) in [5, 5.41) is 6.19. The summed E-state index contributed by atoms with van der Waals surface area (Å²) in [6.45, 7) is 3.73. The van der Waals surface area contributed by atoms with E-state index in [1.807, 2.05) is 30.3 Å². The van der Waals surface area contributed by atoms with E-state index in [0.717, 1.165) is 12.2 Å². The maximum atomic E-state index is 11.3. The van der Waals surface area contributed by atoms with Crippen molar-refractivity contribution in [2.24, 2.45) is 4.99 Å². The highest BCUT2D eigenvalue weighted by Crippen LogP contribution is 2.07. The van der Waals surface area contributed by atoms with Crippen LogP contribution in [0.25, 0.3) is 0 Å². The van der Waals surface area contributed by atoms with Crippen molar-refractivity contribution in [2.75, 3.05) is 39.0 Å². The number of benzene rings is 1. The summed E-state index contributed by atoms with van der Waals surface area (Å²) < 4.78 is 30.6. The minimum absolute atomic E-state index is 0.0847. The Morgan fingerprint density at radius 3 is 2.48 bits per heavy atom. The average Bonchev–Trinajstić information content (AvgIpc) is 2.57. The van der Waals surface area contributed by atoms with Gasteiger partial charge in [-0.15, -0.1) is 0 Å². The van der Waals surface area contributed by atoms with Gasteiger partial charge in [0.15, 0.2) is 5.96 Å². The van der Waals surface area contributed by atoms with Gasteiger partial charge in [0.2, 0.25) is 10.0 Å². The van der Waals surface area contributed by atoms with Crippen LogP contribution in [0.1, 0.15) is 13.3 Å². The van der Waals surface area contributed by atoms with Crippen molar-refractivity contribution < 1.29 is 13.2 Å². The van der Waals surface area contributed by atoms with Gasteiger partial charge in [-0.05, 0) is 25.5 Å². The summed E-state index contributed by atoms with van der Waals surface area (Å²) >= 11 is 0. The second-order valence-electron chi connectivity index (χ2n) is 4.74. The lowest BCUT2D eigenvalue weighted by molar-refractivity contribution is 0.311. The molecule has 0 aliphatic rings. The molecule has 0 spiro atoms. The minimum atomic E-state index is -3.14. The molecule has 0 aliphatic carbocycles. The zero-order valence-corrected chi connectivity index (χ0v) is 14.5. The van der Waals surface area contributed by atoms with Crippen molar-refractivity contribution in [1.82, 2.24) is 15.4 Å². The third-order valence-electron chi connectivity index (χ3n) is 2.97. The van der Waals surface area contributed by atoms with Gasteiger partial charge in [0.25, 0.3) is 0 Å². The molecular formula is C15H26N4O3S. The average molecular weight is 342 g/mol. The summed E-state index contributed by atoms with van der Waals surface area (Å²) in [6.07, 6.45) is 0.831. The Balaban J connectivity index is 2.10. The molecule has 1 aromatic carbocycles. The van der Waals surface area contributed by atoms with E-state index in [4.69, 9.17) is 4.74 Å². The van der Waals surface area contributed by atoms with Crippen molar-refractivity contribution in [1.29, 1.82) is 0 Å². The molecule has 0 heterocycles. The van der Waals surface area contributed by atoms with Crippen LogP contribution in [0, 0.1) is 0 Å². The van der Waals surface area contributed by atoms with Crippen molar-refractivity contribution in [3.63, 3.8) is 0 Å². The third-order valence-corrected chi connectivity index (χ3v) is 4.37. The second kappa shape index (κ2) is 10.8. The zero-order valence-electron chi connectivity index (χ0n) is 13.7. The van der Waals surface area contributed by atoms with E-state index in [1.165, 1.54) is 0 Å². The van der Waals surface area contributed by atoms with E-state index in [-0.39, 0.29) is 5.75 Å². The quantitative estimate of drug-likeness (QED) is 0.328. The molecule has 1 aromatic rings. The van der Waals surface area contributed by atoms with Gasteiger partial charge >= 0.3 is 0 Å². The number of para-hydroxylation sites is 1. The number of rotatable bonds is 10. The number of aliphatic imine (C=N–C) groups is 1. The Labute approximate surface area is 138 Å². The van der Waals surface area contributed by atoms with Crippen LogP contribution < -0.4 is 20.1 Å². The summed E-state index contributed by atoms with van der Waals surface area (Å²) in [4.78, 5) is 4.07. The molecular weight excluding hydrogens is 316 g/mol. The molecule has 3 N–H and O–H groups in total. The molecule has 0 fully saturated rings. The van der Waals surface area contributed by atoms with Crippen molar-refractivity contribution in [2.45, 2.75) is 13.3 Å². The number of ether oxygens (including phenoxy) is 1. The van der Waals surface area contributed by atoms with Crippen LogP contribution in [0.15, 0.2) is 35.3 Å². The molecule has 0 saturated heterocycles. The van der Waals surface area contributed by atoms with Gasteiger partial charge in [0, 0.05) is 26.7 Å². The van der Waals surface area contributed by atoms with Crippen LogP contribution in [0.4, 0.5) is 0 Å². The summed E-state index contributed by atoms with van der Waals surface area (Å²) in [6, 6.07) is 9.67. The molecule has 0 amide bonds. The van der Waals surface area contributed by atoms with E-state index < -0.39 is 10.0 Å². The number of hydrogen-bond donors (Lipinski definition) is 3. The van der Waals surface area contributed by atoms with Gasteiger partial charge in [0.1, 0.15) is 5.75 Å². The van der Waals surface area contributed by atoms with Gasteiger partial charge in [-0.2, -0.15) is 0 Å². The van der Waals surface area contributed by atoms with Gasteiger partial charge in [0.05, 0.1) is 12.4 Å². The van der Waals surface area contributed by atoms with Crippen LogP contribution in [-0.2, 0) is 10.0 Å². The number of sulfonamides is 1. The molecule has 0 saturated carbocycles. The normalized spacial score (nSPS) is 12.0. The Kier molecular flexibility index (Phi) is 9.08. The topological polar surface area (TPSA) is 91.8 Å². The first-order valence-electron chi connectivity index (χ1n) is 7.67. The van der Waals surface area contributed by atoms with Crippen molar-refractivity contribution in [3.8, 4) is 5.75 Å². The predicted octanol–water partition coefficient (Wildman–Crippen LogP) is 0.560. The Morgan fingerprint density at radius 1 is 1.13 bits per heavy atom. The Hall–Kier alpha value is -1.80. The lowest BCUT2D eigenvalue weighted by atomic mass is 10.3. The van der Waals surface area contributed by atoms with Crippen molar-refractivity contribution >= 4 is 16.0 Å². The predicted molar refractivity (Wildman–Crippen MR) is 93.4 cm³/mol. The summed E-state index contributed by atoms with van der Waals surface area (Å²) in [5.41, 5.74) is 0. The SMILES string of the molecule is CCS(=O)(=O)NCCNC(=NC)NCCCOc1ccccc1.